The zero-order valence-electron chi connectivity index (χ0n) is 10.4. The standard InChI is InChI=1S/C14H10ClF4N/c1-7(10-3-2-8(16)5-12(10)18)20-14-11(15)4-9(17)6-13(14)19/h2-7,20H,1H3. The van der Waals surface area contributed by atoms with Crippen LogP contribution in [0.5, 0.6) is 0 Å². The number of hydrogen-bond acceptors (Lipinski definition) is 1. The van der Waals surface area contributed by atoms with Gasteiger partial charge in [0.2, 0.25) is 0 Å². The molecule has 0 heterocycles. The molecule has 0 radical (unpaired) electrons. The predicted molar refractivity (Wildman–Crippen MR) is 69.8 cm³/mol. The lowest BCUT2D eigenvalue weighted by Crippen LogP contribution is -2.10. The summed E-state index contributed by atoms with van der Waals surface area (Å²) in [5, 5.41) is 2.49. The topological polar surface area (TPSA) is 12.0 Å². The highest BCUT2D eigenvalue weighted by Crippen LogP contribution is 2.30. The van der Waals surface area contributed by atoms with Crippen molar-refractivity contribution < 1.29 is 17.6 Å². The van der Waals surface area contributed by atoms with Gasteiger partial charge < -0.3 is 5.32 Å². The summed E-state index contributed by atoms with van der Waals surface area (Å²) in [6.07, 6.45) is 0. The molecule has 20 heavy (non-hydrogen) atoms. The van der Waals surface area contributed by atoms with Gasteiger partial charge in [0.1, 0.15) is 17.5 Å². The van der Waals surface area contributed by atoms with Crippen molar-refractivity contribution in [1.29, 1.82) is 0 Å². The van der Waals surface area contributed by atoms with Crippen molar-refractivity contribution in [2.24, 2.45) is 0 Å². The second-order valence-corrected chi connectivity index (χ2v) is 4.68. The Kier molecular flexibility index (Phi) is 4.18. The summed E-state index contributed by atoms with van der Waals surface area (Å²) in [7, 11) is 0. The third-order valence-electron chi connectivity index (χ3n) is 2.80. The van der Waals surface area contributed by atoms with Crippen molar-refractivity contribution in [3.8, 4) is 0 Å². The fourth-order valence-electron chi connectivity index (χ4n) is 1.83. The second-order valence-electron chi connectivity index (χ2n) is 4.28. The minimum atomic E-state index is -0.885. The van der Waals surface area contributed by atoms with Gasteiger partial charge in [0.25, 0.3) is 0 Å². The van der Waals surface area contributed by atoms with Gasteiger partial charge in [-0.1, -0.05) is 17.7 Å². The van der Waals surface area contributed by atoms with Gasteiger partial charge in [-0.05, 0) is 19.1 Å². The van der Waals surface area contributed by atoms with Crippen LogP contribution in [0.1, 0.15) is 18.5 Å². The molecule has 0 spiro atoms. The molecule has 0 fully saturated rings. The first kappa shape index (κ1) is 14.7. The van der Waals surface area contributed by atoms with Gasteiger partial charge in [0.05, 0.1) is 16.8 Å². The lowest BCUT2D eigenvalue weighted by atomic mass is 10.1. The van der Waals surface area contributed by atoms with E-state index in [1.54, 1.807) is 6.92 Å². The summed E-state index contributed by atoms with van der Waals surface area (Å²) in [5.41, 5.74) is 0.00971. The van der Waals surface area contributed by atoms with Crippen LogP contribution in [-0.2, 0) is 0 Å². The van der Waals surface area contributed by atoms with Gasteiger partial charge in [0.15, 0.2) is 5.82 Å². The van der Waals surface area contributed by atoms with Crippen molar-refractivity contribution >= 4 is 17.3 Å². The smallest absolute Gasteiger partial charge is 0.150 e. The fourth-order valence-corrected chi connectivity index (χ4v) is 2.08. The van der Waals surface area contributed by atoms with Crippen LogP contribution in [0, 0.1) is 23.3 Å². The van der Waals surface area contributed by atoms with Crippen molar-refractivity contribution in [3.05, 3.63) is 64.2 Å². The lowest BCUT2D eigenvalue weighted by Gasteiger charge is -2.18. The highest BCUT2D eigenvalue weighted by atomic mass is 35.5. The van der Waals surface area contributed by atoms with E-state index in [9.17, 15) is 17.6 Å². The van der Waals surface area contributed by atoms with Crippen LogP contribution in [-0.4, -0.2) is 0 Å². The minimum Gasteiger partial charge on any atom is -0.375 e. The molecular weight excluding hydrogens is 294 g/mol. The molecule has 0 aliphatic heterocycles. The Hall–Kier alpha value is -1.75. The Bertz CT molecular complexity index is 622. The maximum absolute atomic E-state index is 13.6. The number of benzene rings is 2. The first-order chi connectivity index (χ1) is 9.38. The number of rotatable bonds is 3. The van der Waals surface area contributed by atoms with Gasteiger partial charge in [-0.3, -0.25) is 0 Å². The SMILES string of the molecule is CC(Nc1c(F)cc(F)cc1Cl)c1ccc(F)cc1F. The first-order valence-electron chi connectivity index (χ1n) is 5.74. The number of nitrogens with one attached hydrogen (secondary N) is 1. The number of anilines is 1. The van der Waals surface area contributed by atoms with Gasteiger partial charge in [-0.15, -0.1) is 0 Å². The third kappa shape index (κ3) is 3.04. The van der Waals surface area contributed by atoms with E-state index in [1.807, 2.05) is 0 Å². The third-order valence-corrected chi connectivity index (χ3v) is 3.09. The largest absolute Gasteiger partial charge is 0.375 e. The molecule has 0 saturated carbocycles. The normalized spacial score (nSPS) is 12.3. The van der Waals surface area contributed by atoms with E-state index >= 15 is 0 Å². The van der Waals surface area contributed by atoms with E-state index in [1.165, 1.54) is 6.07 Å². The van der Waals surface area contributed by atoms with E-state index in [-0.39, 0.29) is 16.3 Å². The summed E-state index contributed by atoms with van der Waals surface area (Å²) in [4.78, 5) is 0. The highest BCUT2D eigenvalue weighted by molar-refractivity contribution is 6.33. The molecule has 0 aliphatic rings. The molecular formula is C14H10ClF4N. The molecule has 1 atom stereocenters. The number of halogens is 5. The van der Waals surface area contributed by atoms with E-state index in [4.69, 9.17) is 11.6 Å². The van der Waals surface area contributed by atoms with E-state index in [0.29, 0.717) is 6.07 Å². The Labute approximate surface area is 118 Å². The quantitative estimate of drug-likeness (QED) is 0.781. The maximum atomic E-state index is 13.6. The van der Waals surface area contributed by atoms with Gasteiger partial charge in [-0.2, -0.15) is 0 Å². The van der Waals surface area contributed by atoms with Crippen LogP contribution in [0.4, 0.5) is 23.2 Å². The molecule has 0 bridgehead atoms. The van der Waals surface area contributed by atoms with Crippen LogP contribution in [0.15, 0.2) is 30.3 Å². The van der Waals surface area contributed by atoms with Crippen molar-refractivity contribution in [2.75, 3.05) is 5.32 Å². The minimum absolute atomic E-state index is 0.135. The Morgan fingerprint density at radius 1 is 0.950 bits per heavy atom. The molecule has 1 nitrogen and oxygen atoms in total. The van der Waals surface area contributed by atoms with Crippen LogP contribution in [0.2, 0.25) is 5.02 Å². The van der Waals surface area contributed by atoms with E-state index < -0.39 is 29.3 Å². The molecule has 0 amide bonds. The van der Waals surface area contributed by atoms with Gasteiger partial charge in [0, 0.05) is 17.7 Å². The first-order valence-corrected chi connectivity index (χ1v) is 6.12. The molecule has 106 valence electrons. The van der Waals surface area contributed by atoms with Crippen molar-refractivity contribution in [3.63, 3.8) is 0 Å². The molecule has 6 heteroatoms. The van der Waals surface area contributed by atoms with Gasteiger partial charge in [-0.25, -0.2) is 17.6 Å². The summed E-state index contributed by atoms with van der Waals surface area (Å²) in [6.45, 7) is 1.55. The highest BCUT2D eigenvalue weighted by Gasteiger charge is 2.16. The van der Waals surface area contributed by atoms with Crippen LogP contribution < -0.4 is 5.32 Å². The van der Waals surface area contributed by atoms with Gasteiger partial charge >= 0.3 is 0 Å². The zero-order valence-corrected chi connectivity index (χ0v) is 11.1. The Balaban J connectivity index is 2.30. The zero-order chi connectivity index (χ0) is 14.9. The molecule has 2 aromatic rings. The summed E-state index contributed by atoms with van der Waals surface area (Å²) < 4.78 is 53.0. The van der Waals surface area contributed by atoms with E-state index in [0.717, 1.165) is 18.2 Å². The van der Waals surface area contributed by atoms with Crippen molar-refractivity contribution in [2.45, 2.75) is 13.0 Å². The van der Waals surface area contributed by atoms with Crippen LogP contribution in [0.25, 0.3) is 0 Å². The second kappa shape index (κ2) is 5.71. The predicted octanol–water partition coefficient (Wildman–Crippen LogP) is 5.07. The fraction of sp³-hybridized carbons (Fsp3) is 0.143. The molecule has 1 unspecified atom stereocenters. The maximum Gasteiger partial charge on any atom is 0.150 e. The summed E-state index contributed by atoms with van der Waals surface area (Å²) in [6, 6.07) is 4.02. The molecule has 2 rings (SSSR count). The van der Waals surface area contributed by atoms with Crippen molar-refractivity contribution in [1.82, 2.24) is 0 Å². The van der Waals surface area contributed by atoms with E-state index in [2.05, 4.69) is 5.32 Å². The monoisotopic (exact) mass is 303 g/mol. The molecule has 0 aromatic heterocycles. The van der Waals surface area contributed by atoms with Crippen LogP contribution >= 0.6 is 11.6 Å². The lowest BCUT2D eigenvalue weighted by molar-refractivity contribution is 0.563. The summed E-state index contributed by atoms with van der Waals surface area (Å²) in [5.74, 6) is -3.16. The Morgan fingerprint density at radius 3 is 2.20 bits per heavy atom. The molecule has 1 N–H and O–H groups in total. The molecule has 0 aliphatic carbocycles. The van der Waals surface area contributed by atoms with Crippen LogP contribution in [0.3, 0.4) is 0 Å². The Morgan fingerprint density at radius 2 is 1.60 bits per heavy atom. The summed E-state index contributed by atoms with van der Waals surface area (Å²) >= 11 is 5.74. The average Bonchev–Trinajstić information content (AvgIpc) is 2.33. The molecule has 0 saturated heterocycles. The molecule has 2 aromatic carbocycles. The number of hydrogen-bond donors (Lipinski definition) is 1. The average molecular weight is 304 g/mol.